The molecule has 0 heterocycles. The van der Waals surface area contributed by atoms with Crippen molar-refractivity contribution in [3.63, 3.8) is 0 Å². The van der Waals surface area contributed by atoms with E-state index in [0.717, 1.165) is 10.0 Å². The summed E-state index contributed by atoms with van der Waals surface area (Å²) in [4.78, 5) is 11.1. The Bertz CT molecular complexity index is 338. The third-order valence-corrected chi connectivity index (χ3v) is 2.37. The number of aliphatic hydroxyl groups is 1. The van der Waals surface area contributed by atoms with Crippen LogP contribution >= 0.6 is 15.9 Å². The minimum absolute atomic E-state index is 0.276. The Morgan fingerprint density at radius 1 is 1.60 bits per heavy atom. The molecule has 1 aromatic rings. The van der Waals surface area contributed by atoms with Crippen LogP contribution in [0, 0.1) is 0 Å². The van der Waals surface area contributed by atoms with Crippen molar-refractivity contribution in [2.24, 2.45) is 0 Å². The number of aliphatic hydroxyl groups excluding tert-OH is 1. The van der Waals surface area contributed by atoms with Gasteiger partial charge >= 0.3 is 5.97 Å². The summed E-state index contributed by atoms with van der Waals surface area (Å²) >= 11 is 3.32. The number of benzene rings is 1. The van der Waals surface area contributed by atoms with Crippen molar-refractivity contribution in [1.29, 1.82) is 0 Å². The fourth-order valence-corrected chi connectivity index (χ4v) is 1.66. The van der Waals surface area contributed by atoms with Crippen LogP contribution in [-0.2, 0) is 16.0 Å². The Kier molecular flexibility index (Phi) is 4.78. The predicted octanol–water partition coefficient (Wildman–Crippen LogP) is 1.92. The van der Waals surface area contributed by atoms with Gasteiger partial charge in [-0.1, -0.05) is 28.1 Å². The van der Waals surface area contributed by atoms with E-state index in [9.17, 15) is 9.90 Å². The first-order valence-corrected chi connectivity index (χ1v) is 5.52. The lowest BCUT2D eigenvalue weighted by Crippen LogP contribution is -2.25. The third-order valence-electron chi connectivity index (χ3n) is 1.88. The normalized spacial score (nSPS) is 12.2. The van der Waals surface area contributed by atoms with Crippen LogP contribution in [0.2, 0.25) is 0 Å². The van der Waals surface area contributed by atoms with E-state index in [-0.39, 0.29) is 13.0 Å². The predicted molar refractivity (Wildman–Crippen MR) is 60.5 cm³/mol. The molecule has 0 bridgehead atoms. The van der Waals surface area contributed by atoms with Crippen molar-refractivity contribution in [3.8, 4) is 0 Å². The largest absolute Gasteiger partial charge is 0.464 e. The molecule has 1 aromatic carbocycles. The van der Waals surface area contributed by atoms with Gasteiger partial charge in [-0.05, 0) is 24.6 Å². The zero-order valence-corrected chi connectivity index (χ0v) is 10.0. The van der Waals surface area contributed by atoms with Crippen LogP contribution in [0.25, 0.3) is 0 Å². The second-order valence-corrected chi connectivity index (χ2v) is 4.02. The highest BCUT2D eigenvalue weighted by atomic mass is 79.9. The fourth-order valence-electron chi connectivity index (χ4n) is 1.21. The molecule has 0 unspecified atom stereocenters. The first-order chi connectivity index (χ1) is 7.13. The number of halogens is 1. The summed E-state index contributed by atoms with van der Waals surface area (Å²) in [7, 11) is 0. The molecule has 4 heteroatoms. The van der Waals surface area contributed by atoms with Gasteiger partial charge in [-0.25, -0.2) is 4.79 Å². The van der Waals surface area contributed by atoms with Crippen molar-refractivity contribution in [2.75, 3.05) is 6.61 Å². The number of carbonyl (C=O) groups is 1. The second kappa shape index (κ2) is 5.88. The summed E-state index contributed by atoms with van der Waals surface area (Å²) in [6.45, 7) is 2.00. The molecule has 0 fully saturated rings. The van der Waals surface area contributed by atoms with Gasteiger partial charge in [-0.15, -0.1) is 0 Å². The lowest BCUT2D eigenvalue weighted by molar-refractivity contribution is -0.152. The zero-order chi connectivity index (χ0) is 11.3. The number of esters is 1. The smallest absolute Gasteiger partial charge is 0.335 e. The highest BCUT2D eigenvalue weighted by Gasteiger charge is 2.16. The van der Waals surface area contributed by atoms with Crippen LogP contribution in [0.4, 0.5) is 0 Å². The quantitative estimate of drug-likeness (QED) is 0.852. The first kappa shape index (κ1) is 12.2. The third kappa shape index (κ3) is 4.01. The van der Waals surface area contributed by atoms with Crippen LogP contribution in [0.3, 0.4) is 0 Å². The van der Waals surface area contributed by atoms with Gasteiger partial charge in [0.15, 0.2) is 6.10 Å². The van der Waals surface area contributed by atoms with Gasteiger partial charge in [-0.3, -0.25) is 0 Å². The SMILES string of the molecule is CCOC(=O)[C@@H](O)Cc1cccc(Br)c1. The average molecular weight is 273 g/mol. The Hall–Kier alpha value is -0.870. The Morgan fingerprint density at radius 3 is 2.93 bits per heavy atom. The van der Waals surface area contributed by atoms with Gasteiger partial charge in [0.2, 0.25) is 0 Å². The van der Waals surface area contributed by atoms with Crippen molar-refractivity contribution >= 4 is 21.9 Å². The van der Waals surface area contributed by atoms with Gasteiger partial charge in [0.05, 0.1) is 6.61 Å². The Labute approximate surface area is 97.2 Å². The average Bonchev–Trinajstić information content (AvgIpc) is 2.18. The standard InChI is InChI=1S/C11H13BrO3/c1-2-15-11(14)10(13)7-8-4-3-5-9(12)6-8/h3-6,10,13H,2,7H2,1H3/t10-/m0/s1. The van der Waals surface area contributed by atoms with Crippen molar-refractivity contribution in [2.45, 2.75) is 19.4 Å². The molecule has 0 aliphatic rings. The summed E-state index contributed by atoms with van der Waals surface area (Å²) in [6.07, 6.45) is -0.808. The van der Waals surface area contributed by atoms with Crippen LogP contribution in [-0.4, -0.2) is 23.8 Å². The van der Waals surface area contributed by atoms with Crippen molar-refractivity contribution < 1.29 is 14.6 Å². The van der Waals surface area contributed by atoms with E-state index < -0.39 is 12.1 Å². The maximum Gasteiger partial charge on any atom is 0.335 e. The second-order valence-electron chi connectivity index (χ2n) is 3.10. The van der Waals surface area contributed by atoms with Gasteiger partial charge in [0.1, 0.15) is 0 Å². The zero-order valence-electron chi connectivity index (χ0n) is 8.44. The van der Waals surface area contributed by atoms with Crippen LogP contribution in [0.1, 0.15) is 12.5 Å². The van der Waals surface area contributed by atoms with Crippen LogP contribution < -0.4 is 0 Å². The van der Waals surface area contributed by atoms with Gasteiger partial charge in [0, 0.05) is 10.9 Å². The molecular weight excluding hydrogens is 260 g/mol. The molecule has 0 radical (unpaired) electrons. The van der Waals surface area contributed by atoms with E-state index in [1.807, 2.05) is 24.3 Å². The number of rotatable bonds is 4. The first-order valence-electron chi connectivity index (χ1n) is 4.72. The molecule has 0 aliphatic heterocycles. The number of hydrogen-bond donors (Lipinski definition) is 1. The maximum absolute atomic E-state index is 11.1. The molecule has 1 rings (SSSR count). The summed E-state index contributed by atoms with van der Waals surface area (Å²) in [5, 5.41) is 9.50. The summed E-state index contributed by atoms with van der Waals surface area (Å²) < 4.78 is 5.63. The lowest BCUT2D eigenvalue weighted by atomic mass is 10.1. The maximum atomic E-state index is 11.1. The van der Waals surface area contributed by atoms with Crippen molar-refractivity contribution in [1.82, 2.24) is 0 Å². The molecule has 1 atom stereocenters. The van der Waals surface area contributed by atoms with E-state index in [1.54, 1.807) is 6.92 Å². The topological polar surface area (TPSA) is 46.5 Å². The summed E-state index contributed by atoms with van der Waals surface area (Å²) in [5.41, 5.74) is 0.893. The van der Waals surface area contributed by atoms with Crippen molar-refractivity contribution in [3.05, 3.63) is 34.3 Å². The van der Waals surface area contributed by atoms with Gasteiger partial charge < -0.3 is 9.84 Å². The van der Waals surface area contributed by atoms with Crippen LogP contribution in [0.5, 0.6) is 0 Å². The van der Waals surface area contributed by atoms with Gasteiger partial charge in [-0.2, -0.15) is 0 Å². The molecule has 0 aliphatic carbocycles. The van der Waals surface area contributed by atoms with Gasteiger partial charge in [0.25, 0.3) is 0 Å². The molecule has 0 amide bonds. The highest BCUT2D eigenvalue weighted by molar-refractivity contribution is 9.10. The lowest BCUT2D eigenvalue weighted by Gasteiger charge is -2.09. The summed E-state index contributed by atoms with van der Waals surface area (Å²) in [6, 6.07) is 7.47. The Morgan fingerprint density at radius 2 is 2.33 bits per heavy atom. The monoisotopic (exact) mass is 272 g/mol. The molecule has 82 valence electrons. The molecule has 15 heavy (non-hydrogen) atoms. The molecule has 1 N–H and O–H groups in total. The molecule has 0 spiro atoms. The number of carbonyl (C=O) groups excluding carboxylic acids is 1. The molecule has 0 saturated heterocycles. The number of hydrogen-bond acceptors (Lipinski definition) is 3. The Balaban J connectivity index is 2.58. The van der Waals surface area contributed by atoms with Crippen LogP contribution in [0.15, 0.2) is 28.7 Å². The van der Waals surface area contributed by atoms with E-state index in [1.165, 1.54) is 0 Å². The fraction of sp³-hybridized carbons (Fsp3) is 0.364. The van der Waals surface area contributed by atoms with E-state index >= 15 is 0 Å². The van der Waals surface area contributed by atoms with E-state index in [4.69, 9.17) is 4.74 Å². The molecule has 0 aromatic heterocycles. The molecule has 0 saturated carbocycles. The minimum atomic E-state index is -1.08. The molecular formula is C11H13BrO3. The number of ether oxygens (including phenoxy) is 1. The molecule has 3 nitrogen and oxygen atoms in total. The van der Waals surface area contributed by atoms with E-state index in [2.05, 4.69) is 15.9 Å². The summed E-state index contributed by atoms with van der Waals surface area (Å²) in [5.74, 6) is -0.572. The minimum Gasteiger partial charge on any atom is -0.464 e. The highest BCUT2D eigenvalue weighted by Crippen LogP contribution is 2.13. The van der Waals surface area contributed by atoms with E-state index in [0.29, 0.717) is 0 Å².